The minimum Gasteiger partial charge on any atom is -0.497 e. The number of ketones is 1. The molecule has 1 heterocycles. The molecule has 0 spiro atoms. The van der Waals surface area contributed by atoms with E-state index in [0.29, 0.717) is 31.5 Å². The Balaban J connectivity index is 1.96. The van der Waals surface area contributed by atoms with E-state index in [1.165, 1.54) is 0 Å². The van der Waals surface area contributed by atoms with Crippen molar-refractivity contribution in [2.24, 2.45) is 11.7 Å². The van der Waals surface area contributed by atoms with Crippen LogP contribution in [0.25, 0.3) is 0 Å². The Labute approximate surface area is 131 Å². The molecule has 5 heteroatoms. The first kappa shape index (κ1) is 16.5. The molecule has 0 aliphatic carbocycles. The smallest absolute Gasteiger partial charge is 0.242 e. The molecule has 1 aromatic rings. The van der Waals surface area contributed by atoms with Crippen molar-refractivity contribution in [2.75, 3.05) is 20.2 Å². The topological polar surface area (TPSA) is 72.6 Å². The molecule has 1 aromatic carbocycles. The predicted octanol–water partition coefficient (Wildman–Crippen LogP) is 1.85. The molecule has 0 saturated carbocycles. The minimum atomic E-state index is -0.854. The van der Waals surface area contributed by atoms with E-state index in [-0.39, 0.29) is 17.6 Å². The molecule has 22 heavy (non-hydrogen) atoms. The van der Waals surface area contributed by atoms with E-state index >= 15 is 0 Å². The highest BCUT2D eigenvalue weighted by Gasteiger charge is 2.32. The lowest BCUT2D eigenvalue weighted by molar-refractivity contribution is -0.137. The van der Waals surface area contributed by atoms with Gasteiger partial charge in [-0.15, -0.1) is 0 Å². The van der Waals surface area contributed by atoms with E-state index in [4.69, 9.17) is 10.5 Å². The van der Waals surface area contributed by atoms with Gasteiger partial charge in [-0.1, -0.05) is 0 Å². The molecular weight excluding hydrogens is 280 g/mol. The summed E-state index contributed by atoms with van der Waals surface area (Å²) in [5.41, 5.74) is 5.70. The van der Waals surface area contributed by atoms with Crippen LogP contribution in [0.15, 0.2) is 24.3 Å². The van der Waals surface area contributed by atoms with Crippen molar-refractivity contribution < 1.29 is 14.3 Å². The standard InChI is InChI=1S/C17H24N2O3/c1-17(2,18)16(21)19-10-8-13(9-11-19)15(20)12-4-6-14(22-3)7-5-12/h4-7,13H,8-11,18H2,1-3H3. The lowest BCUT2D eigenvalue weighted by Gasteiger charge is -2.35. The van der Waals surface area contributed by atoms with Crippen LogP contribution < -0.4 is 10.5 Å². The number of carbonyl (C=O) groups excluding carboxylic acids is 2. The lowest BCUT2D eigenvalue weighted by atomic mass is 9.88. The molecular formula is C17H24N2O3. The summed E-state index contributed by atoms with van der Waals surface area (Å²) in [6, 6.07) is 7.18. The normalized spacial score (nSPS) is 16.5. The van der Waals surface area contributed by atoms with E-state index in [0.717, 1.165) is 5.75 Å². The van der Waals surface area contributed by atoms with E-state index < -0.39 is 5.54 Å². The van der Waals surface area contributed by atoms with Gasteiger partial charge in [0, 0.05) is 24.6 Å². The molecule has 5 nitrogen and oxygen atoms in total. The molecule has 1 saturated heterocycles. The van der Waals surface area contributed by atoms with E-state index in [9.17, 15) is 9.59 Å². The number of amides is 1. The maximum atomic E-state index is 12.5. The summed E-state index contributed by atoms with van der Waals surface area (Å²) >= 11 is 0. The molecule has 1 aliphatic heterocycles. The molecule has 0 aromatic heterocycles. The number of methoxy groups -OCH3 is 1. The van der Waals surface area contributed by atoms with Gasteiger partial charge in [0.1, 0.15) is 5.75 Å². The van der Waals surface area contributed by atoms with Crippen LogP contribution in [0.2, 0.25) is 0 Å². The van der Waals surface area contributed by atoms with Crippen LogP contribution in [0.5, 0.6) is 5.75 Å². The van der Waals surface area contributed by atoms with Gasteiger partial charge >= 0.3 is 0 Å². The van der Waals surface area contributed by atoms with Gasteiger partial charge in [-0.2, -0.15) is 0 Å². The number of rotatable bonds is 4. The first-order valence-electron chi connectivity index (χ1n) is 7.59. The molecule has 2 N–H and O–H groups in total. The summed E-state index contributed by atoms with van der Waals surface area (Å²) in [4.78, 5) is 26.4. The maximum absolute atomic E-state index is 12.5. The average molecular weight is 304 g/mol. The fourth-order valence-corrected chi connectivity index (χ4v) is 2.74. The first-order valence-corrected chi connectivity index (χ1v) is 7.59. The van der Waals surface area contributed by atoms with Crippen molar-refractivity contribution in [3.05, 3.63) is 29.8 Å². The zero-order valence-corrected chi connectivity index (χ0v) is 13.5. The Hall–Kier alpha value is -1.88. The number of carbonyl (C=O) groups is 2. The van der Waals surface area contributed by atoms with Crippen molar-refractivity contribution in [1.82, 2.24) is 4.90 Å². The third-order valence-corrected chi connectivity index (χ3v) is 4.08. The largest absolute Gasteiger partial charge is 0.497 e. The molecule has 0 radical (unpaired) electrons. The summed E-state index contributed by atoms with van der Waals surface area (Å²) in [7, 11) is 1.60. The van der Waals surface area contributed by atoms with Crippen LogP contribution in [-0.2, 0) is 4.79 Å². The lowest BCUT2D eigenvalue weighted by Crippen LogP contribution is -2.53. The van der Waals surface area contributed by atoms with Crippen LogP contribution in [0.4, 0.5) is 0 Å². The number of Topliss-reactive ketones (excluding diaryl/α,β-unsaturated/α-hetero) is 1. The molecule has 2 rings (SSSR count). The first-order chi connectivity index (χ1) is 10.3. The summed E-state index contributed by atoms with van der Waals surface area (Å²) in [5, 5.41) is 0. The molecule has 0 atom stereocenters. The Morgan fingerprint density at radius 3 is 2.18 bits per heavy atom. The fourth-order valence-electron chi connectivity index (χ4n) is 2.74. The second-order valence-corrected chi connectivity index (χ2v) is 6.38. The number of ether oxygens (including phenoxy) is 1. The molecule has 1 fully saturated rings. The van der Waals surface area contributed by atoms with E-state index in [1.54, 1.807) is 50.1 Å². The van der Waals surface area contributed by atoms with Gasteiger partial charge in [0.15, 0.2) is 5.78 Å². The van der Waals surface area contributed by atoms with Crippen molar-refractivity contribution in [3.63, 3.8) is 0 Å². The van der Waals surface area contributed by atoms with Gasteiger partial charge < -0.3 is 15.4 Å². The number of benzene rings is 1. The third kappa shape index (κ3) is 3.65. The van der Waals surface area contributed by atoms with Gasteiger partial charge in [-0.05, 0) is 51.0 Å². The Morgan fingerprint density at radius 2 is 1.73 bits per heavy atom. The highest BCUT2D eigenvalue weighted by atomic mass is 16.5. The number of nitrogens with zero attached hydrogens (tertiary/aromatic N) is 1. The SMILES string of the molecule is COc1ccc(C(=O)C2CCN(C(=O)C(C)(C)N)CC2)cc1. The number of nitrogens with two attached hydrogens (primary N) is 1. The van der Waals surface area contributed by atoms with Gasteiger partial charge in [0.25, 0.3) is 0 Å². The molecule has 120 valence electrons. The van der Waals surface area contributed by atoms with Crippen LogP contribution in [0.1, 0.15) is 37.0 Å². The Kier molecular flexibility index (Phi) is 4.86. The molecule has 1 aliphatic rings. The number of hydrogen-bond acceptors (Lipinski definition) is 4. The minimum absolute atomic E-state index is 0.0293. The van der Waals surface area contributed by atoms with Crippen LogP contribution in [0, 0.1) is 5.92 Å². The van der Waals surface area contributed by atoms with Crippen LogP contribution in [-0.4, -0.2) is 42.3 Å². The summed E-state index contributed by atoms with van der Waals surface area (Å²) in [6.45, 7) is 4.60. The van der Waals surface area contributed by atoms with Gasteiger partial charge in [0.05, 0.1) is 12.6 Å². The summed E-state index contributed by atoms with van der Waals surface area (Å²) < 4.78 is 5.10. The highest BCUT2D eigenvalue weighted by molar-refractivity contribution is 5.98. The number of likely N-dealkylation sites (tertiary alicyclic amines) is 1. The summed E-state index contributed by atoms with van der Waals surface area (Å²) in [6.07, 6.45) is 1.37. The van der Waals surface area contributed by atoms with Gasteiger partial charge in [-0.25, -0.2) is 0 Å². The Bertz CT molecular complexity index is 538. The predicted molar refractivity (Wildman–Crippen MR) is 84.9 cm³/mol. The van der Waals surface area contributed by atoms with Gasteiger partial charge in [-0.3, -0.25) is 9.59 Å². The van der Waals surface area contributed by atoms with Gasteiger partial charge in [0.2, 0.25) is 5.91 Å². The third-order valence-electron chi connectivity index (χ3n) is 4.08. The van der Waals surface area contributed by atoms with Crippen molar-refractivity contribution in [1.29, 1.82) is 0 Å². The second kappa shape index (κ2) is 6.48. The highest BCUT2D eigenvalue weighted by Crippen LogP contribution is 2.24. The quantitative estimate of drug-likeness (QED) is 0.862. The summed E-state index contributed by atoms with van der Waals surface area (Å²) in [5.74, 6) is 0.796. The molecule has 0 bridgehead atoms. The maximum Gasteiger partial charge on any atom is 0.242 e. The monoisotopic (exact) mass is 304 g/mol. The van der Waals surface area contributed by atoms with E-state index in [2.05, 4.69) is 0 Å². The van der Waals surface area contributed by atoms with E-state index in [1.807, 2.05) is 0 Å². The van der Waals surface area contributed by atoms with Crippen molar-refractivity contribution >= 4 is 11.7 Å². The van der Waals surface area contributed by atoms with Crippen LogP contribution >= 0.6 is 0 Å². The average Bonchev–Trinajstić information content (AvgIpc) is 2.53. The van der Waals surface area contributed by atoms with Crippen molar-refractivity contribution in [2.45, 2.75) is 32.2 Å². The fraction of sp³-hybridized carbons (Fsp3) is 0.529. The second-order valence-electron chi connectivity index (χ2n) is 6.38. The molecule has 1 amide bonds. The Morgan fingerprint density at radius 1 is 1.18 bits per heavy atom. The molecule has 0 unspecified atom stereocenters. The van der Waals surface area contributed by atoms with Crippen molar-refractivity contribution in [3.8, 4) is 5.75 Å². The number of piperidine rings is 1. The van der Waals surface area contributed by atoms with Crippen LogP contribution in [0.3, 0.4) is 0 Å². The zero-order chi connectivity index (χ0) is 16.3. The number of hydrogen-bond donors (Lipinski definition) is 1. The zero-order valence-electron chi connectivity index (χ0n) is 13.5.